The Morgan fingerprint density at radius 1 is 1.33 bits per heavy atom. The second kappa shape index (κ2) is 3.12. The molecule has 15 heavy (non-hydrogen) atoms. The van der Waals surface area contributed by atoms with E-state index >= 15 is 0 Å². The lowest BCUT2D eigenvalue weighted by atomic mass is 10.2. The number of fused-ring (bicyclic) bond motifs is 1. The van der Waals surface area contributed by atoms with Crippen molar-refractivity contribution < 1.29 is 4.42 Å². The van der Waals surface area contributed by atoms with E-state index in [0.717, 1.165) is 23.8 Å². The van der Waals surface area contributed by atoms with E-state index in [1.165, 1.54) is 0 Å². The molecule has 1 aliphatic carbocycles. The van der Waals surface area contributed by atoms with Gasteiger partial charge < -0.3 is 10.2 Å². The van der Waals surface area contributed by atoms with Crippen LogP contribution in [0.4, 0.5) is 0 Å². The molecule has 0 spiro atoms. The van der Waals surface area contributed by atoms with E-state index in [9.17, 15) is 0 Å². The lowest BCUT2D eigenvalue weighted by Gasteiger charge is -1.93. The Morgan fingerprint density at radius 3 is 2.87 bits per heavy atom. The highest BCUT2D eigenvalue weighted by atomic mass is 16.3. The van der Waals surface area contributed by atoms with Gasteiger partial charge in [-0.2, -0.15) is 0 Å². The lowest BCUT2D eigenvalue weighted by molar-refractivity contribution is 0.603. The molecule has 0 bridgehead atoms. The maximum atomic E-state index is 5.86. The first-order valence-electron chi connectivity index (χ1n) is 5.15. The first kappa shape index (κ1) is 8.53. The minimum Gasteiger partial charge on any atom is -0.453 e. The van der Waals surface area contributed by atoms with Gasteiger partial charge in [0, 0.05) is 5.39 Å². The van der Waals surface area contributed by atoms with Crippen molar-refractivity contribution in [1.29, 1.82) is 0 Å². The van der Waals surface area contributed by atoms with Crippen LogP contribution in [0, 0.1) is 0 Å². The first-order valence-corrected chi connectivity index (χ1v) is 5.15. The van der Waals surface area contributed by atoms with Crippen LogP contribution in [0.5, 0.6) is 0 Å². The Hall–Kier alpha value is -1.77. The van der Waals surface area contributed by atoms with E-state index in [1.807, 2.05) is 30.3 Å². The van der Waals surface area contributed by atoms with Crippen LogP contribution in [-0.2, 0) is 0 Å². The molecule has 1 aromatic heterocycles. The second-order valence-electron chi connectivity index (χ2n) is 3.89. The number of para-hydroxylation sites is 1. The SMILES string of the molecule is NC(=NC1CC1)c1cc2ccccc2o1. The molecule has 1 aliphatic rings. The molecule has 2 N–H and O–H groups in total. The molecule has 3 heteroatoms. The van der Waals surface area contributed by atoms with Gasteiger partial charge in [0.25, 0.3) is 0 Å². The van der Waals surface area contributed by atoms with E-state index in [-0.39, 0.29) is 0 Å². The summed E-state index contributed by atoms with van der Waals surface area (Å²) in [7, 11) is 0. The minimum absolute atomic E-state index is 0.429. The topological polar surface area (TPSA) is 51.5 Å². The molecule has 0 atom stereocenters. The molecule has 0 radical (unpaired) electrons. The largest absolute Gasteiger partial charge is 0.453 e. The zero-order valence-electron chi connectivity index (χ0n) is 8.31. The number of nitrogens with zero attached hydrogens (tertiary/aromatic N) is 1. The standard InChI is InChI=1S/C12H12N2O/c13-12(14-9-5-6-9)11-7-8-3-1-2-4-10(8)15-11/h1-4,7,9H,5-6H2,(H2,13,14). The van der Waals surface area contributed by atoms with Crippen molar-refractivity contribution in [3.05, 3.63) is 36.1 Å². The fourth-order valence-electron chi connectivity index (χ4n) is 1.57. The molecule has 1 fully saturated rings. The van der Waals surface area contributed by atoms with Crippen LogP contribution in [0.1, 0.15) is 18.6 Å². The summed E-state index contributed by atoms with van der Waals surface area (Å²) >= 11 is 0. The minimum atomic E-state index is 0.429. The third-order valence-corrected chi connectivity index (χ3v) is 2.55. The van der Waals surface area contributed by atoms with E-state index in [1.54, 1.807) is 0 Å². The molecule has 0 unspecified atom stereocenters. The van der Waals surface area contributed by atoms with Crippen LogP contribution < -0.4 is 5.73 Å². The van der Waals surface area contributed by atoms with Crippen molar-refractivity contribution in [3.8, 4) is 0 Å². The summed E-state index contributed by atoms with van der Waals surface area (Å²) in [4.78, 5) is 4.35. The Kier molecular flexibility index (Phi) is 1.78. The molecule has 1 heterocycles. The molecule has 0 aliphatic heterocycles. The van der Waals surface area contributed by atoms with Crippen molar-refractivity contribution in [2.45, 2.75) is 18.9 Å². The molecule has 1 aromatic carbocycles. The van der Waals surface area contributed by atoms with Crippen molar-refractivity contribution in [2.24, 2.45) is 10.7 Å². The van der Waals surface area contributed by atoms with Crippen LogP contribution in [0.15, 0.2) is 39.7 Å². The number of aliphatic imine (C=N–C) groups is 1. The smallest absolute Gasteiger partial charge is 0.169 e. The molecule has 3 rings (SSSR count). The highest BCUT2D eigenvalue weighted by Gasteiger charge is 2.21. The van der Waals surface area contributed by atoms with E-state index in [4.69, 9.17) is 10.2 Å². The van der Waals surface area contributed by atoms with Crippen LogP contribution in [0.25, 0.3) is 11.0 Å². The maximum absolute atomic E-state index is 5.86. The molecular weight excluding hydrogens is 188 g/mol. The van der Waals surface area contributed by atoms with Gasteiger partial charge in [-0.3, -0.25) is 4.99 Å². The molecule has 0 saturated heterocycles. The van der Waals surface area contributed by atoms with Gasteiger partial charge >= 0.3 is 0 Å². The third kappa shape index (κ3) is 1.61. The average molecular weight is 200 g/mol. The molecular formula is C12H12N2O. The van der Waals surface area contributed by atoms with Gasteiger partial charge in [0.2, 0.25) is 0 Å². The Labute approximate surface area is 87.6 Å². The number of amidine groups is 1. The van der Waals surface area contributed by atoms with E-state index in [2.05, 4.69) is 4.99 Å². The number of hydrogen-bond donors (Lipinski definition) is 1. The summed E-state index contributed by atoms with van der Waals surface area (Å²) in [5.74, 6) is 1.21. The monoisotopic (exact) mass is 200 g/mol. The fourth-order valence-corrected chi connectivity index (χ4v) is 1.57. The van der Waals surface area contributed by atoms with E-state index < -0.39 is 0 Å². The summed E-state index contributed by atoms with van der Waals surface area (Å²) < 4.78 is 5.60. The van der Waals surface area contributed by atoms with Gasteiger partial charge in [0.15, 0.2) is 11.6 Å². The number of hydrogen-bond acceptors (Lipinski definition) is 2. The molecule has 76 valence electrons. The third-order valence-electron chi connectivity index (χ3n) is 2.55. The molecule has 2 aromatic rings. The van der Waals surface area contributed by atoms with Crippen LogP contribution >= 0.6 is 0 Å². The van der Waals surface area contributed by atoms with Gasteiger partial charge in [-0.15, -0.1) is 0 Å². The average Bonchev–Trinajstić information content (AvgIpc) is 2.95. The van der Waals surface area contributed by atoms with Crippen LogP contribution in [-0.4, -0.2) is 11.9 Å². The van der Waals surface area contributed by atoms with Gasteiger partial charge in [0.1, 0.15) is 5.58 Å². The normalized spacial score (nSPS) is 17.2. The van der Waals surface area contributed by atoms with Gasteiger partial charge in [-0.25, -0.2) is 0 Å². The van der Waals surface area contributed by atoms with Crippen molar-refractivity contribution in [2.75, 3.05) is 0 Å². The summed E-state index contributed by atoms with van der Waals surface area (Å²) in [6.45, 7) is 0. The van der Waals surface area contributed by atoms with E-state index in [0.29, 0.717) is 17.6 Å². The Bertz CT molecular complexity index is 490. The summed E-state index contributed by atoms with van der Waals surface area (Å²) in [6, 6.07) is 10.2. The van der Waals surface area contributed by atoms with Crippen LogP contribution in [0.2, 0.25) is 0 Å². The lowest BCUT2D eigenvalue weighted by Crippen LogP contribution is -2.12. The molecule has 3 nitrogen and oxygen atoms in total. The Balaban J connectivity index is 2.03. The first-order chi connectivity index (χ1) is 7.33. The quantitative estimate of drug-likeness (QED) is 0.597. The second-order valence-corrected chi connectivity index (χ2v) is 3.89. The highest BCUT2D eigenvalue weighted by molar-refractivity contribution is 5.98. The predicted octanol–water partition coefficient (Wildman–Crippen LogP) is 2.30. The van der Waals surface area contributed by atoms with Gasteiger partial charge in [0.05, 0.1) is 6.04 Å². The Morgan fingerprint density at radius 2 is 2.13 bits per heavy atom. The fraction of sp³-hybridized carbons (Fsp3) is 0.250. The predicted molar refractivity (Wildman–Crippen MR) is 60.0 cm³/mol. The molecule has 1 saturated carbocycles. The number of nitrogens with two attached hydrogens (primary N) is 1. The maximum Gasteiger partial charge on any atom is 0.169 e. The molecule has 0 amide bonds. The summed E-state index contributed by atoms with van der Waals surface area (Å²) in [5.41, 5.74) is 6.72. The number of benzene rings is 1. The van der Waals surface area contributed by atoms with Crippen molar-refractivity contribution in [1.82, 2.24) is 0 Å². The van der Waals surface area contributed by atoms with Crippen molar-refractivity contribution >= 4 is 16.8 Å². The highest BCUT2D eigenvalue weighted by Crippen LogP contribution is 2.25. The van der Waals surface area contributed by atoms with Crippen LogP contribution in [0.3, 0.4) is 0 Å². The summed E-state index contributed by atoms with van der Waals surface area (Å²) in [5, 5.41) is 1.07. The number of furan rings is 1. The van der Waals surface area contributed by atoms with Crippen molar-refractivity contribution in [3.63, 3.8) is 0 Å². The number of rotatable bonds is 2. The zero-order chi connectivity index (χ0) is 10.3. The van der Waals surface area contributed by atoms with Gasteiger partial charge in [-0.05, 0) is 25.0 Å². The zero-order valence-corrected chi connectivity index (χ0v) is 8.31. The summed E-state index contributed by atoms with van der Waals surface area (Å²) in [6.07, 6.45) is 2.31. The van der Waals surface area contributed by atoms with Gasteiger partial charge in [-0.1, -0.05) is 18.2 Å².